The molecule has 31 heavy (non-hydrogen) atoms. The molecule has 0 bridgehead atoms. The first kappa shape index (κ1) is 21.1. The lowest BCUT2D eigenvalue weighted by molar-refractivity contribution is -0.119. The Kier molecular flexibility index (Phi) is 6.32. The molecule has 2 heterocycles. The first-order chi connectivity index (χ1) is 15.0. The van der Waals surface area contributed by atoms with Crippen molar-refractivity contribution in [2.24, 2.45) is 0 Å². The first-order valence-corrected chi connectivity index (χ1v) is 10.7. The number of amides is 1. The Balaban J connectivity index is 1.53. The fourth-order valence-electron chi connectivity index (χ4n) is 3.97. The fraction of sp³-hybridized carbons (Fsp3) is 0.304. The number of aromatic nitrogens is 3. The molecule has 2 aromatic heterocycles. The van der Waals surface area contributed by atoms with Crippen molar-refractivity contribution < 1.29 is 4.79 Å². The van der Waals surface area contributed by atoms with Crippen LogP contribution >= 0.6 is 11.6 Å². The van der Waals surface area contributed by atoms with Crippen LogP contribution in [0.25, 0.3) is 22.4 Å². The van der Waals surface area contributed by atoms with E-state index in [0.717, 1.165) is 36.8 Å². The number of H-pyrrole nitrogens is 1. The lowest BCUT2D eigenvalue weighted by atomic mass is 9.91. The summed E-state index contributed by atoms with van der Waals surface area (Å²) in [4.78, 5) is 35.1. The van der Waals surface area contributed by atoms with Gasteiger partial charge < -0.3 is 15.6 Å². The molecule has 1 aromatic carbocycles. The smallest absolute Gasteiger partial charge is 0.255 e. The molecule has 0 aliphatic heterocycles. The Labute approximate surface area is 185 Å². The van der Waals surface area contributed by atoms with E-state index in [1.54, 1.807) is 31.5 Å². The lowest BCUT2D eigenvalue weighted by Gasteiger charge is -2.29. The van der Waals surface area contributed by atoms with Crippen molar-refractivity contribution >= 4 is 23.5 Å². The number of carbonyl (C=O) groups excluding carboxylic acids is 1. The number of hydrogen-bond acceptors (Lipinski definition) is 5. The minimum absolute atomic E-state index is 0.0156. The number of aromatic amines is 1. The molecule has 1 aliphatic carbocycles. The summed E-state index contributed by atoms with van der Waals surface area (Å²) in [5.41, 5.74) is 2.65. The highest BCUT2D eigenvalue weighted by Crippen LogP contribution is 2.30. The predicted octanol–water partition coefficient (Wildman–Crippen LogP) is 4.01. The zero-order valence-corrected chi connectivity index (χ0v) is 17.9. The number of nitrogens with one attached hydrogen (secondary N) is 3. The van der Waals surface area contributed by atoms with Crippen molar-refractivity contribution in [1.82, 2.24) is 20.3 Å². The molecule has 160 valence electrons. The summed E-state index contributed by atoms with van der Waals surface area (Å²) in [5.74, 6) is 0.534. The van der Waals surface area contributed by atoms with Gasteiger partial charge in [-0.3, -0.25) is 9.59 Å². The molecule has 8 heteroatoms. The quantitative estimate of drug-likeness (QED) is 0.560. The maximum atomic E-state index is 12.2. The van der Waals surface area contributed by atoms with Gasteiger partial charge in [-0.1, -0.05) is 29.8 Å². The first-order valence-electron chi connectivity index (χ1n) is 10.3. The summed E-state index contributed by atoms with van der Waals surface area (Å²) < 4.78 is 0. The molecule has 0 spiro atoms. The van der Waals surface area contributed by atoms with Crippen molar-refractivity contribution in [3.05, 3.63) is 64.2 Å². The number of nitrogens with zero attached hydrogens (tertiary/aromatic N) is 2. The standard InChI is InChI=1S/C23H24ClN5O2/c1-14(30)27-17-7-9-18(10-8-17)28-23-26-13-20(24)21(29-23)16-5-2-4-15(12-16)19-6-3-11-25-22(19)31/h2-6,11-13,17-18H,7-10H2,1H3,(H,25,31)(H,27,30)(H,26,28,29). The molecule has 3 aromatic rings. The Morgan fingerprint density at radius 2 is 1.84 bits per heavy atom. The second kappa shape index (κ2) is 9.31. The van der Waals surface area contributed by atoms with Crippen molar-refractivity contribution in [3.8, 4) is 22.4 Å². The number of halogens is 1. The van der Waals surface area contributed by atoms with E-state index in [9.17, 15) is 9.59 Å². The Morgan fingerprint density at radius 3 is 2.58 bits per heavy atom. The molecule has 1 fully saturated rings. The van der Waals surface area contributed by atoms with Crippen LogP contribution in [-0.4, -0.2) is 32.9 Å². The van der Waals surface area contributed by atoms with Gasteiger partial charge in [0.2, 0.25) is 11.9 Å². The van der Waals surface area contributed by atoms with Crippen molar-refractivity contribution in [3.63, 3.8) is 0 Å². The van der Waals surface area contributed by atoms with E-state index in [2.05, 4.69) is 25.6 Å². The number of pyridine rings is 1. The number of carbonyl (C=O) groups is 1. The third-order valence-corrected chi connectivity index (χ3v) is 5.75. The van der Waals surface area contributed by atoms with Crippen LogP contribution in [0.3, 0.4) is 0 Å². The van der Waals surface area contributed by atoms with Gasteiger partial charge >= 0.3 is 0 Å². The van der Waals surface area contributed by atoms with E-state index < -0.39 is 0 Å². The number of hydrogen-bond donors (Lipinski definition) is 3. The molecule has 0 atom stereocenters. The summed E-state index contributed by atoms with van der Waals surface area (Å²) in [6.45, 7) is 1.55. The summed E-state index contributed by atoms with van der Waals surface area (Å²) in [7, 11) is 0. The molecule has 1 aliphatic rings. The summed E-state index contributed by atoms with van der Waals surface area (Å²) in [5, 5.41) is 6.83. The average Bonchev–Trinajstić information content (AvgIpc) is 2.76. The monoisotopic (exact) mass is 437 g/mol. The van der Waals surface area contributed by atoms with Crippen LogP contribution < -0.4 is 16.2 Å². The van der Waals surface area contributed by atoms with Gasteiger partial charge in [0.15, 0.2) is 0 Å². The zero-order valence-electron chi connectivity index (χ0n) is 17.2. The molecule has 1 saturated carbocycles. The Bertz CT molecular complexity index is 1140. The number of anilines is 1. The lowest BCUT2D eigenvalue weighted by Crippen LogP contribution is -2.39. The topological polar surface area (TPSA) is 99.8 Å². The highest BCUT2D eigenvalue weighted by atomic mass is 35.5. The minimum atomic E-state index is -0.148. The summed E-state index contributed by atoms with van der Waals surface area (Å²) in [6.07, 6.45) is 6.91. The molecular weight excluding hydrogens is 414 g/mol. The van der Waals surface area contributed by atoms with E-state index in [1.165, 1.54) is 0 Å². The van der Waals surface area contributed by atoms with Crippen LogP contribution in [0.2, 0.25) is 5.02 Å². The molecule has 7 nitrogen and oxygen atoms in total. The molecule has 0 saturated heterocycles. The largest absolute Gasteiger partial charge is 0.354 e. The maximum Gasteiger partial charge on any atom is 0.255 e. The number of benzene rings is 1. The average molecular weight is 438 g/mol. The van der Waals surface area contributed by atoms with Gasteiger partial charge in [0.1, 0.15) is 0 Å². The van der Waals surface area contributed by atoms with Crippen molar-refractivity contribution in [2.75, 3.05) is 5.32 Å². The van der Waals surface area contributed by atoms with Gasteiger partial charge in [-0.15, -0.1) is 0 Å². The number of rotatable bonds is 5. The summed E-state index contributed by atoms with van der Waals surface area (Å²) in [6, 6.07) is 11.6. The van der Waals surface area contributed by atoms with Gasteiger partial charge in [-0.05, 0) is 49.4 Å². The molecule has 0 unspecified atom stereocenters. The Hall–Kier alpha value is -3.19. The van der Waals surface area contributed by atoms with E-state index in [1.807, 2.05) is 24.3 Å². The van der Waals surface area contributed by atoms with Crippen LogP contribution in [0.1, 0.15) is 32.6 Å². The highest BCUT2D eigenvalue weighted by molar-refractivity contribution is 6.32. The minimum Gasteiger partial charge on any atom is -0.354 e. The van der Waals surface area contributed by atoms with Crippen molar-refractivity contribution in [1.29, 1.82) is 0 Å². The van der Waals surface area contributed by atoms with Gasteiger partial charge in [-0.25, -0.2) is 9.97 Å². The molecular formula is C23H24ClN5O2. The third kappa shape index (κ3) is 5.11. The van der Waals surface area contributed by atoms with E-state index in [4.69, 9.17) is 11.6 Å². The molecule has 1 amide bonds. The van der Waals surface area contributed by atoms with E-state index in [0.29, 0.717) is 22.2 Å². The van der Waals surface area contributed by atoms with Crippen molar-refractivity contribution in [2.45, 2.75) is 44.7 Å². The normalized spacial score (nSPS) is 18.4. The predicted molar refractivity (Wildman–Crippen MR) is 122 cm³/mol. The molecule has 3 N–H and O–H groups in total. The Morgan fingerprint density at radius 1 is 1.10 bits per heavy atom. The van der Waals surface area contributed by atoms with E-state index >= 15 is 0 Å². The van der Waals surface area contributed by atoms with Gasteiger partial charge in [0.05, 0.1) is 16.9 Å². The highest BCUT2D eigenvalue weighted by Gasteiger charge is 2.22. The fourth-order valence-corrected chi connectivity index (χ4v) is 4.17. The van der Waals surface area contributed by atoms with Crippen LogP contribution in [0.4, 0.5) is 5.95 Å². The van der Waals surface area contributed by atoms with Crippen LogP contribution in [0.15, 0.2) is 53.6 Å². The van der Waals surface area contributed by atoms with Crippen LogP contribution in [-0.2, 0) is 4.79 Å². The molecule has 0 radical (unpaired) electrons. The molecule has 4 rings (SSSR count). The van der Waals surface area contributed by atoms with Crippen LogP contribution in [0.5, 0.6) is 0 Å². The van der Waals surface area contributed by atoms with Gasteiger partial charge in [-0.2, -0.15) is 0 Å². The van der Waals surface area contributed by atoms with Gasteiger partial charge in [0.25, 0.3) is 5.56 Å². The second-order valence-corrected chi connectivity index (χ2v) is 8.18. The second-order valence-electron chi connectivity index (χ2n) is 7.78. The van der Waals surface area contributed by atoms with Crippen LogP contribution in [0, 0.1) is 0 Å². The third-order valence-electron chi connectivity index (χ3n) is 5.48. The van der Waals surface area contributed by atoms with Gasteiger partial charge in [0, 0.05) is 36.3 Å². The SMILES string of the molecule is CC(=O)NC1CCC(Nc2ncc(Cl)c(-c3cccc(-c4ccc[nH]c4=O)c3)n2)CC1. The zero-order chi connectivity index (χ0) is 21.8. The van der Waals surface area contributed by atoms with E-state index in [-0.39, 0.29) is 23.6 Å². The maximum absolute atomic E-state index is 12.2. The summed E-state index contributed by atoms with van der Waals surface area (Å²) >= 11 is 6.41.